The van der Waals surface area contributed by atoms with Crippen LogP contribution < -0.4 is 0 Å². The van der Waals surface area contributed by atoms with Crippen LogP contribution in [0.5, 0.6) is 0 Å². The van der Waals surface area contributed by atoms with Crippen LogP contribution in [0.4, 0.5) is 0 Å². The van der Waals surface area contributed by atoms with E-state index in [1.807, 2.05) is 0 Å². The van der Waals surface area contributed by atoms with E-state index >= 15 is 0 Å². The van der Waals surface area contributed by atoms with E-state index in [2.05, 4.69) is 4.74 Å². The molecule has 0 atom stereocenters. The molecule has 0 radical (unpaired) electrons. The lowest BCUT2D eigenvalue weighted by molar-refractivity contribution is -0.141. The molecule has 2 fully saturated rings. The lowest BCUT2D eigenvalue weighted by Gasteiger charge is -2.24. The Bertz CT molecular complexity index is 404. The zero-order chi connectivity index (χ0) is 13.2. The number of sulfone groups is 1. The normalized spacial score (nSPS) is 23.6. The van der Waals surface area contributed by atoms with Crippen LogP contribution in [-0.2, 0) is 24.1 Å². The Hall–Kier alpha value is -0.620. The second-order valence-corrected chi connectivity index (χ2v) is 7.65. The van der Waals surface area contributed by atoms with Gasteiger partial charge in [-0.15, -0.1) is 0 Å². The van der Waals surface area contributed by atoms with Crippen LogP contribution in [0.1, 0.15) is 32.1 Å². The van der Waals surface area contributed by atoms with Crippen molar-refractivity contribution in [2.75, 3.05) is 26.1 Å². The SMILES string of the molecule is COC(=O)CC1(CS(=O)(=O)C2CCOCC2)CC1. The highest BCUT2D eigenvalue weighted by molar-refractivity contribution is 7.92. The summed E-state index contributed by atoms with van der Waals surface area (Å²) in [6.45, 7) is 1.04. The Labute approximate surface area is 108 Å². The molecule has 0 unspecified atom stereocenters. The van der Waals surface area contributed by atoms with Crippen LogP contribution in [0.15, 0.2) is 0 Å². The molecular weight excluding hydrogens is 256 g/mol. The largest absolute Gasteiger partial charge is 0.469 e. The number of rotatable bonds is 5. The Kier molecular flexibility index (Phi) is 3.96. The van der Waals surface area contributed by atoms with Gasteiger partial charge < -0.3 is 9.47 Å². The number of esters is 1. The average Bonchev–Trinajstić information content (AvgIpc) is 3.08. The fourth-order valence-electron chi connectivity index (χ4n) is 2.51. The third-order valence-electron chi connectivity index (χ3n) is 3.89. The zero-order valence-electron chi connectivity index (χ0n) is 10.7. The highest BCUT2D eigenvalue weighted by atomic mass is 32.2. The highest BCUT2D eigenvalue weighted by Gasteiger charge is 2.49. The Balaban J connectivity index is 1.97. The smallest absolute Gasteiger partial charge is 0.306 e. The fraction of sp³-hybridized carbons (Fsp3) is 0.917. The topological polar surface area (TPSA) is 69.7 Å². The summed E-state index contributed by atoms with van der Waals surface area (Å²) in [6.07, 6.45) is 3.01. The summed E-state index contributed by atoms with van der Waals surface area (Å²) in [6, 6.07) is 0. The molecule has 5 nitrogen and oxygen atoms in total. The standard InChI is InChI=1S/C12H20O5S/c1-16-11(13)8-12(4-5-12)9-18(14,15)10-2-6-17-7-3-10/h10H,2-9H2,1H3. The molecule has 2 aliphatic rings. The third kappa shape index (κ3) is 3.23. The molecule has 1 aliphatic carbocycles. The molecule has 0 N–H and O–H groups in total. The molecule has 0 aromatic carbocycles. The maximum absolute atomic E-state index is 12.3. The lowest BCUT2D eigenvalue weighted by Crippen LogP contribution is -2.34. The summed E-state index contributed by atoms with van der Waals surface area (Å²) in [5.41, 5.74) is -0.343. The number of ether oxygens (including phenoxy) is 2. The van der Waals surface area contributed by atoms with Gasteiger partial charge in [0.25, 0.3) is 0 Å². The Morgan fingerprint density at radius 3 is 2.44 bits per heavy atom. The molecule has 0 aromatic rings. The van der Waals surface area contributed by atoms with E-state index in [0.717, 1.165) is 12.8 Å². The molecule has 2 rings (SSSR count). The highest BCUT2D eigenvalue weighted by Crippen LogP contribution is 2.50. The molecule has 0 bridgehead atoms. The summed E-state index contributed by atoms with van der Waals surface area (Å²) in [4.78, 5) is 11.3. The Morgan fingerprint density at radius 1 is 1.33 bits per heavy atom. The minimum atomic E-state index is -3.12. The summed E-state index contributed by atoms with van der Waals surface area (Å²) >= 11 is 0. The van der Waals surface area contributed by atoms with E-state index in [4.69, 9.17) is 4.74 Å². The van der Waals surface area contributed by atoms with Crippen LogP contribution in [-0.4, -0.2) is 45.7 Å². The van der Waals surface area contributed by atoms with E-state index in [1.165, 1.54) is 7.11 Å². The molecular formula is C12H20O5S. The van der Waals surface area contributed by atoms with Crippen molar-refractivity contribution in [2.24, 2.45) is 5.41 Å². The van der Waals surface area contributed by atoms with Crippen molar-refractivity contribution in [1.82, 2.24) is 0 Å². The minimum Gasteiger partial charge on any atom is -0.469 e. The summed E-state index contributed by atoms with van der Waals surface area (Å²) in [5.74, 6) is -0.186. The number of hydrogen-bond acceptors (Lipinski definition) is 5. The summed E-state index contributed by atoms with van der Waals surface area (Å²) in [7, 11) is -1.78. The quantitative estimate of drug-likeness (QED) is 0.698. The molecule has 0 aromatic heterocycles. The second kappa shape index (κ2) is 5.17. The lowest BCUT2D eigenvalue weighted by atomic mass is 10.1. The van der Waals surface area contributed by atoms with Crippen molar-refractivity contribution in [3.8, 4) is 0 Å². The van der Waals surface area contributed by atoms with Gasteiger partial charge in [-0.1, -0.05) is 0 Å². The molecule has 1 heterocycles. The molecule has 104 valence electrons. The van der Waals surface area contributed by atoms with E-state index in [-0.39, 0.29) is 28.8 Å². The summed E-state index contributed by atoms with van der Waals surface area (Å²) < 4.78 is 34.4. The van der Waals surface area contributed by atoms with Gasteiger partial charge in [0.2, 0.25) is 0 Å². The number of methoxy groups -OCH3 is 1. The predicted molar refractivity (Wildman–Crippen MR) is 65.9 cm³/mol. The van der Waals surface area contributed by atoms with E-state index in [1.54, 1.807) is 0 Å². The summed E-state index contributed by atoms with van der Waals surface area (Å²) in [5, 5.41) is -0.290. The van der Waals surface area contributed by atoms with Crippen LogP contribution in [0.3, 0.4) is 0 Å². The molecule has 1 saturated heterocycles. The van der Waals surface area contributed by atoms with Gasteiger partial charge in [0, 0.05) is 13.2 Å². The maximum Gasteiger partial charge on any atom is 0.306 e. The van der Waals surface area contributed by atoms with E-state index < -0.39 is 9.84 Å². The maximum atomic E-state index is 12.3. The number of hydrogen-bond donors (Lipinski definition) is 0. The molecule has 1 saturated carbocycles. The molecule has 6 heteroatoms. The monoisotopic (exact) mass is 276 g/mol. The van der Waals surface area contributed by atoms with Crippen molar-refractivity contribution in [2.45, 2.75) is 37.4 Å². The van der Waals surface area contributed by atoms with Gasteiger partial charge in [0.15, 0.2) is 9.84 Å². The van der Waals surface area contributed by atoms with Gasteiger partial charge >= 0.3 is 5.97 Å². The second-order valence-electron chi connectivity index (χ2n) is 5.37. The van der Waals surface area contributed by atoms with Gasteiger partial charge in [0.1, 0.15) is 0 Å². The molecule has 0 amide bonds. The minimum absolute atomic E-state index is 0.125. The van der Waals surface area contributed by atoms with Crippen LogP contribution in [0.2, 0.25) is 0 Å². The first-order chi connectivity index (χ1) is 8.47. The fourth-order valence-corrected chi connectivity index (χ4v) is 4.90. The first kappa shape index (κ1) is 13.8. The number of carbonyl (C=O) groups excluding carboxylic acids is 1. The van der Waals surface area contributed by atoms with Crippen molar-refractivity contribution >= 4 is 15.8 Å². The van der Waals surface area contributed by atoms with Crippen molar-refractivity contribution < 1.29 is 22.7 Å². The average molecular weight is 276 g/mol. The van der Waals surface area contributed by atoms with E-state index in [9.17, 15) is 13.2 Å². The molecule has 18 heavy (non-hydrogen) atoms. The van der Waals surface area contributed by atoms with Crippen LogP contribution in [0.25, 0.3) is 0 Å². The van der Waals surface area contributed by atoms with Crippen molar-refractivity contribution in [3.05, 3.63) is 0 Å². The Morgan fingerprint density at radius 2 is 1.94 bits per heavy atom. The van der Waals surface area contributed by atoms with Gasteiger partial charge in [-0.2, -0.15) is 0 Å². The predicted octanol–water partition coefficient (Wildman–Crippen LogP) is 0.923. The molecule has 1 aliphatic heterocycles. The van der Waals surface area contributed by atoms with Crippen LogP contribution >= 0.6 is 0 Å². The molecule has 0 spiro atoms. The number of carbonyl (C=O) groups is 1. The van der Waals surface area contributed by atoms with E-state index in [0.29, 0.717) is 26.1 Å². The van der Waals surface area contributed by atoms with Gasteiger partial charge in [0.05, 0.1) is 24.5 Å². The first-order valence-electron chi connectivity index (χ1n) is 6.34. The van der Waals surface area contributed by atoms with Gasteiger partial charge in [-0.05, 0) is 31.1 Å². The van der Waals surface area contributed by atoms with Crippen molar-refractivity contribution in [3.63, 3.8) is 0 Å². The third-order valence-corrected chi connectivity index (χ3v) is 6.39. The zero-order valence-corrected chi connectivity index (χ0v) is 11.5. The van der Waals surface area contributed by atoms with Gasteiger partial charge in [-0.25, -0.2) is 8.42 Å². The van der Waals surface area contributed by atoms with Gasteiger partial charge in [-0.3, -0.25) is 4.79 Å². The van der Waals surface area contributed by atoms with Crippen LogP contribution in [0, 0.1) is 5.41 Å². The first-order valence-corrected chi connectivity index (χ1v) is 8.05. The van der Waals surface area contributed by atoms with Crippen molar-refractivity contribution in [1.29, 1.82) is 0 Å².